The van der Waals surface area contributed by atoms with Gasteiger partial charge in [0.05, 0.1) is 29.4 Å². The number of imidazole rings is 1. The zero-order chi connectivity index (χ0) is 17.4. The van der Waals surface area contributed by atoms with Gasteiger partial charge in [-0.25, -0.2) is 9.97 Å². The average molecular weight is 339 g/mol. The van der Waals surface area contributed by atoms with Crippen molar-refractivity contribution < 1.29 is 5.11 Å². The van der Waals surface area contributed by atoms with Crippen LogP contribution in [0.3, 0.4) is 0 Å². The Morgan fingerprint density at radius 3 is 3.16 bits per heavy atom. The highest BCUT2D eigenvalue weighted by atomic mass is 16.3. The first kappa shape index (κ1) is 16.0. The van der Waals surface area contributed by atoms with Crippen molar-refractivity contribution >= 4 is 22.1 Å². The minimum atomic E-state index is -0.651. The molecular weight excluding hydrogens is 318 g/mol. The van der Waals surface area contributed by atoms with Gasteiger partial charge < -0.3 is 14.6 Å². The van der Waals surface area contributed by atoms with Crippen molar-refractivity contribution in [3.8, 4) is 6.07 Å². The molecule has 0 amide bonds. The minimum absolute atomic E-state index is 0.247. The second-order valence-corrected chi connectivity index (χ2v) is 6.65. The van der Waals surface area contributed by atoms with E-state index in [0.29, 0.717) is 12.2 Å². The molecule has 25 heavy (non-hydrogen) atoms. The smallest absolute Gasteiger partial charge is 0.157 e. The van der Waals surface area contributed by atoms with Gasteiger partial charge in [0.25, 0.3) is 0 Å². The number of aliphatic hydroxyl groups is 1. The molecule has 8 nitrogen and oxygen atoms in total. The van der Waals surface area contributed by atoms with Crippen molar-refractivity contribution in [1.82, 2.24) is 29.6 Å². The average Bonchev–Trinajstić information content (AvgIpc) is 3.31. The van der Waals surface area contributed by atoms with E-state index >= 15 is 0 Å². The number of aliphatic hydroxyl groups excluding tert-OH is 1. The lowest BCUT2D eigenvalue weighted by Crippen LogP contribution is -2.23. The summed E-state index contributed by atoms with van der Waals surface area (Å²) in [5, 5.41) is 26.9. The number of rotatable bonds is 5. The normalized spacial score (nSPS) is 19.6. The summed E-state index contributed by atoms with van der Waals surface area (Å²) in [6.07, 6.45) is 5.34. The van der Waals surface area contributed by atoms with E-state index in [4.69, 9.17) is 5.26 Å². The molecule has 2 N–H and O–H groups in total. The Morgan fingerprint density at radius 2 is 2.36 bits per heavy atom. The van der Waals surface area contributed by atoms with E-state index in [1.54, 1.807) is 19.3 Å². The number of hydrogen-bond donors (Lipinski definition) is 2. The van der Waals surface area contributed by atoms with E-state index < -0.39 is 6.10 Å². The first-order chi connectivity index (χ1) is 12.2. The molecule has 0 radical (unpaired) electrons. The number of aromatic amines is 1. The Bertz CT molecular complexity index is 936. The quantitative estimate of drug-likeness (QED) is 0.688. The summed E-state index contributed by atoms with van der Waals surface area (Å²) in [6.45, 7) is 4.58. The van der Waals surface area contributed by atoms with Gasteiger partial charge in [0.2, 0.25) is 0 Å². The number of nitrogens with one attached hydrogen (secondary N) is 1. The molecule has 3 aromatic heterocycles. The van der Waals surface area contributed by atoms with Gasteiger partial charge in [-0.15, -0.1) is 0 Å². The van der Waals surface area contributed by atoms with Crippen LogP contribution in [-0.2, 0) is 0 Å². The number of hydrogen-bond acceptors (Lipinski definition) is 6. The molecule has 4 rings (SSSR count). The maximum atomic E-state index is 10.3. The molecule has 0 bridgehead atoms. The fraction of sp³-hybridized carbons (Fsp3) is 0.529. The predicted molar refractivity (Wildman–Crippen MR) is 92.8 cm³/mol. The van der Waals surface area contributed by atoms with E-state index in [9.17, 15) is 5.11 Å². The fourth-order valence-corrected chi connectivity index (χ4v) is 3.77. The summed E-state index contributed by atoms with van der Waals surface area (Å²) < 4.78 is 2.17. The summed E-state index contributed by atoms with van der Waals surface area (Å²) in [6, 6.07) is 2.45. The van der Waals surface area contributed by atoms with Crippen molar-refractivity contribution in [1.29, 1.82) is 5.26 Å². The second kappa shape index (κ2) is 6.43. The molecular formula is C17H21N7O. The van der Waals surface area contributed by atoms with Gasteiger partial charge >= 0.3 is 0 Å². The van der Waals surface area contributed by atoms with Crippen LogP contribution in [0.4, 0.5) is 0 Å². The highest BCUT2D eigenvalue weighted by Gasteiger charge is 2.29. The van der Waals surface area contributed by atoms with Gasteiger partial charge in [0, 0.05) is 25.6 Å². The third-order valence-corrected chi connectivity index (χ3v) is 4.90. The summed E-state index contributed by atoms with van der Waals surface area (Å²) in [4.78, 5) is 11.4. The minimum Gasteiger partial charge on any atom is -0.385 e. The maximum Gasteiger partial charge on any atom is 0.157 e. The molecule has 0 spiro atoms. The molecule has 1 saturated heterocycles. The molecule has 3 aromatic rings. The number of nitriles is 1. The largest absolute Gasteiger partial charge is 0.385 e. The monoisotopic (exact) mass is 339 g/mol. The molecule has 0 saturated carbocycles. The number of nitrogens with zero attached hydrogens (tertiary/aromatic N) is 6. The highest BCUT2D eigenvalue weighted by molar-refractivity contribution is 6.00. The van der Waals surface area contributed by atoms with Crippen LogP contribution in [0.25, 0.3) is 22.1 Å². The predicted octanol–water partition coefficient (Wildman–Crippen LogP) is 1.91. The Kier molecular flexibility index (Phi) is 4.11. The number of pyridine rings is 1. The van der Waals surface area contributed by atoms with Crippen molar-refractivity contribution in [2.45, 2.75) is 38.3 Å². The van der Waals surface area contributed by atoms with Crippen LogP contribution in [0, 0.1) is 11.3 Å². The lowest BCUT2D eigenvalue weighted by molar-refractivity contribution is 0.181. The van der Waals surface area contributed by atoms with Gasteiger partial charge in [-0.3, -0.25) is 5.10 Å². The molecule has 0 aliphatic carbocycles. The first-order valence-corrected chi connectivity index (χ1v) is 8.66. The van der Waals surface area contributed by atoms with Crippen LogP contribution >= 0.6 is 0 Å². The van der Waals surface area contributed by atoms with Crippen molar-refractivity contribution in [2.75, 3.05) is 19.6 Å². The summed E-state index contributed by atoms with van der Waals surface area (Å²) >= 11 is 0. The van der Waals surface area contributed by atoms with E-state index in [0.717, 1.165) is 54.5 Å². The van der Waals surface area contributed by atoms with E-state index in [1.807, 2.05) is 0 Å². The van der Waals surface area contributed by atoms with Gasteiger partial charge in [0.1, 0.15) is 17.4 Å². The molecule has 1 aliphatic heterocycles. The Morgan fingerprint density at radius 1 is 1.48 bits per heavy atom. The van der Waals surface area contributed by atoms with E-state index in [-0.39, 0.29) is 6.04 Å². The van der Waals surface area contributed by atoms with Crippen LogP contribution in [0.1, 0.15) is 44.2 Å². The molecule has 4 heterocycles. The second-order valence-electron chi connectivity index (χ2n) is 6.65. The molecule has 2 atom stereocenters. The number of H-pyrrole nitrogens is 1. The summed E-state index contributed by atoms with van der Waals surface area (Å²) in [5.74, 6) is 0.675. The topological polar surface area (TPSA) is 107 Å². The maximum absolute atomic E-state index is 10.3. The molecule has 1 unspecified atom stereocenters. The van der Waals surface area contributed by atoms with Crippen molar-refractivity contribution in [2.24, 2.45) is 0 Å². The first-order valence-electron chi connectivity index (χ1n) is 8.66. The third-order valence-electron chi connectivity index (χ3n) is 4.90. The van der Waals surface area contributed by atoms with E-state index in [2.05, 4.69) is 35.7 Å². The Hall–Kier alpha value is -2.50. The van der Waals surface area contributed by atoms with Crippen LogP contribution in [0.2, 0.25) is 0 Å². The van der Waals surface area contributed by atoms with Gasteiger partial charge in [-0.05, 0) is 26.3 Å². The van der Waals surface area contributed by atoms with Crippen LogP contribution in [-0.4, -0.2) is 54.4 Å². The highest BCUT2D eigenvalue weighted by Crippen LogP contribution is 2.33. The number of likely N-dealkylation sites (tertiary alicyclic amines) is 1. The summed E-state index contributed by atoms with van der Waals surface area (Å²) in [7, 11) is 0. The van der Waals surface area contributed by atoms with Gasteiger partial charge in [0.15, 0.2) is 5.65 Å². The van der Waals surface area contributed by atoms with E-state index in [1.165, 1.54) is 0 Å². The molecule has 1 aliphatic rings. The van der Waals surface area contributed by atoms with Gasteiger partial charge in [-0.1, -0.05) is 0 Å². The summed E-state index contributed by atoms with van der Waals surface area (Å²) in [5.41, 5.74) is 2.50. The SMILES string of the molecule is CC(O)c1nc2cnc3[nH]ncc3c2n1[C@H]1CCN(CCCC#N)C1. The fourth-order valence-electron chi connectivity index (χ4n) is 3.77. The lowest BCUT2D eigenvalue weighted by Gasteiger charge is -2.19. The number of aromatic nitrogens is 5. The number of unbranched alkanes of at least 4 members (excludes halogenated alkanes) is 1. The lowest BCUT2D eigenvalue weighted by atomic mass is 10.2. The molecule has 8 heteroatoms. The van der Waals surface area contributed by atoms with Crippen LogP contribution in [0.5, 0.6) is 0 Å². The standard InChI is InChI=1S/C17H21N7O/c1-11(25)17-21-14-9-19-16-13(8-20-22-16)15(14)24(17)12-4-7-23(10-12)6-3-2-5-18/h8-9,11-12,25H,2-4,6-7,10H2,1H3,(H,19,20,22)/t11?,12-/m0/s1. The molecule has 0 aromatic carbocycles. The third kappa shape index (κ3) is 2.75. The zero-order valence-electron chi connectivity index (χ0n) is 14.2. The molecule has 130 valence electrons. The van der Waals surface area contributed by atoms with Crippen molar-refractivity contribution in [3.05, 3.63) is 18.2 Å². The van der Waals surface area contributed by atoms with Crippen LogP contribution < -0.4 is 0 Å². The van der Waals surface area contributed by atoms with Crippen LogP contribution in [0.15, 0.2) is 12.4 Å². The molecule has 1 fully saturated rings. The van der Waals surface area contributed by atoms with Gasteiger partial charge in [-0.2, -0.15) is 10.4 Å². The Balaban J connectivity index is 1.74. The number of fused-ring (bicyclic) bond motifs is 3. The Labute approximate surface area is 145 Å². The van der Waals surface area contributed by atoms with Crippen molar-refractivity contribution in [3.63, 3.8) is 0 Å². The zero-order valence-corrected chi connectivity index (χ0v) is 14.2.